The zero-order chi connectivity index (χ0) is 13.8. The number of likely N-dealkylation sites (tertiary alicyclic amines) is 1. The van der Waals surface area contributed by atoms with E-state index in [1.165, 1.54) is 0 Å². The highest BCUT2D eigenvalue weighted by Crippen LogP contribution is 2.26. The first-order chi connectivity index (χ1) is 9.10. The fourth-order valence-electron chi connectivity index (χ4n) is 2.62. The van der Waals surface area contributed by atoms with Crippen LogP contribution in [0.15, 0.2) is 16.5 Å². The molecule has 1 saturated heterocycles. The van der Waals surface area contributed by atoms with Crippen LogP contribution in [0.5, 0.6) is 0 Å². The first-order valence-electron chi connectivity index (χ1n) is 6.92. The number of amides is 1. The van der Waals surface area contributed by atoms with Gasteiger partial charge in [0.2, 0.25) is 5.91 Å². The van der Waals surface area contributed by atoms with E-state index in [1.807, 2.05) is 4.90 Å². The Kier molecular flexibility index (Phi) is 4.40. The third kappa shape index (κ3) is 3.46. The lowest BCUT2D eigenvalue weighted by Crippen LogP contribution is -2.29. The van der Waals surface area contributed by atoms with Crippen molar-refractivity contribution in [2.45, 2.75) is 39.7 Å². The second-order valence-corrected chi connectivity index (χ2v) is 5.57. The maximum absolute atomic E-state index is 12.1. The Hall–Kier alpha value is -1.58. The van der Waals surface area contributed by atoms with E-state index in [1.54, 1.807) is 12.1 Å². The Balaban J connectivity index is 1.99. The molecule has 1 aromatic heterocycles. The molecule has 0 bridgehead atoms. The van der Waals surface area contributed by atoms with Gasteiger partial charge in [0.15, 0.2) is 12.0 Å². The molecule has 0 radical (unpaired) electrons. The fraction of sp³-hybridized carbons (Fsp3) is 0.600. The summed E-state index contributed by atoms with van der Waals surface area (Å²) in [6, 6.07) is 3.41. The molecular weight excluding hydrogens is 242 g/mol. The highest BCUT2D eigenvalue weighted by Gasteiger charge is 2.24. The predicted octanol–water partition coefficient (Wildman–Crippen LogP) is 2.88. The summed E-state index contributed by atoms with van der Waals surface area (Å²) >= 11 is 0. The third-order valence-electron chi connectivity index (χ3n) is 3.94. The van der Waals surface area contributed by atoms with Crippen LogP contribution >= 0.6 is 0 Å². The van der Waals surface area contributed by atoms with Crippen molar-refractivity contribution in [1.82, 2.24) is 4.90 Å². The van der Waals surface area contributed by atoms with Gasteiger partial charge in [-0.1, -0.05) is 13.8 Å². The average Bonchev–Trinajstić information content (AvgIpc) is 2.75. The number of rotatable bonds is 4. The van der Waals surface area contributed by atoms with Gasteiger partial charge in [0.05, 0.1) is 6.54 Å². The van der Waals surface area contributed by atoms with Crippen LogP contribution in [0.1, 0.15) is 49.4 Å². The van der Waals surface area contributed by atoms with E-state index in [0.29, 0.717) is 42.6 Å². The SMILES string of the molecule is CC(C)C1CCC(=O)N(Cc2ccc(C=O)o2)CC1. The summed E-state index contributed by atoms with van der Waals surface area (Å²) in [4.78, 5) is 24.5. The molecule has 1 unspecified atom stereocenters. The van der Waals surface area contributed by atoms with E-state index in [2.05, 4.69) is 13.8 Å². The molecule has 0 saturated carbocycles. The lowest BCUT2D eigenvalue weighted by atomic mass is 9.89. The fourth-order valence-corrected chi connectivity index (χ4v) is 2.62. The van der Waals surface area contributed by atoms with E-state index < -0.39 is 0 Å². The van der Waals surface area contributed by atoms with Crippen LogP contribution in [0.4, 0.5) is 0 Å². The van der Waals surface area contributed by atoms with Crippen molar-refractivity contribution < 1.29 is 14.0 Å². The number of carbonyl (C=O) groups excluding carboxylic acids is 2. The Morgan fingerprint density at radius 1 is 1.42 bits per heavy atom. The molecule has 2 heterocycles. The molecule has 0 aromatic carbocycles. The summed E-state index contributed by atoms with van der Waals surface area (Å²) in [6.07, 6.45) is 3.32. The molecule has 1 atom stereocenters. The number of hydrogen-bond acceptors (Lipinski definition) is 3. The van der Waals surface area contributed by atoms with Gasteiger partial charge in [0.1, 0.15) is 5.76 Å². The molecule has 19 heavy (non-hydrogen) atoms. The molecule has 1 amide bonds. The normalized spacial score (nSPS) is 20.7. The van der Waals surface area contributed by atoms with E-state index in [9.17, 15) is 9.59 Å². The zero-order valence-corrected chi connectivity index (χ0v) is 11.6. The van der Waals surface area contributed by atoms with Crippen LogP contribution in [0.2, 0.25) is 0 Å². The van der Waals surface area contributed by atoms with Crippen molar-refractivity contribution in [3.8, 4) is 0 Å². The summed E-state index contributed by atoms with van der Waals surface area (Å²) in [6.45, 7) is 5.68. The molecule has 0 N–H and O–H groups in total. The van der Waals surface area contributed by atoms with Gasteiger partial charge in [0, 0.05) is 13.0 Å². The molecule has 4 nitrogen and oxygen atoms in total. The molecular formula is C15H21NO3. The summed E-state index contributed by atoms with van der Waals surface area (Å²) in [5.74, 6) is 2.43. The topological polar surface area (TPSA) is 50.5 Å². The molecule has 1 fully saturated rings. The van der Waals surface area contributed by atoms with Crippen molar-refractivity contribution >= 4 is 12.2 Å². The summed E-state index contributed by atoms with van der Waals surface area (Å²) < 4.78 is 5.34. The van der Waals surface area contributed by atoms with Crippen molar-refractivity contribution in [3.05, 3.63) is 23.7 Å². The van der Waals surface area contributed by atoms with Gasteiger partial charge in [0.25, 0.3) is 0 Å². The van der Waals surface area contributed by atoms with Crippen LogP contribution < -0.4 is 0 Å². The number of hydrogen-bond donors (Lipinski definition) is 0. The maximum atomic E-state index is 12.1. The molecule has 0 spiro atoms. The number of carbonyl (C=O) groups is 2. The minimum Gasteiger partial charge on any atom is -0.456 e. The Bertz CT molecular complexity index is 450. The Labute approximate surface area is 113 Å². The van der Waals surface area contributed by atoms with E-state index in [0.717, 1.165) is 19.4 Å². The highest BCUT2D eigenvalue weighted by molar-refractivity contribution is 5.76. The van der Waals surface area contributed by atoms with Crippen LogP contribution in [0.3, 0.4) is 0 Å². The second-order valence-electron chi connectivity index (χ2n) is 5.57. The van der Waals surface area contributed by atoms with Gasteiger partial charge in [-0.05, 0) is 36.8 Å². The van der Waals surface area contributed by atoms with Crippen molar-refractivity contribution in [2.75, 3.05) is 6.54 Å². The smallest absolute Gasteiger partial charge is 0.222 e. The first-order valence-corrected chi connectivity index (χ1v) is 6.92. The monoisotopic (exact) mass is 263 g/mol. The highest BCUT2D eigenvalue weighted by atomic mass is 16.3. The van der Waals surface area contributed by atoms with Crippen LogP contribution in [0.25, 0.3) is 0 Å². The molecule has 0 aliphatic carbocycles. The van der Waals surface area contributed by atoms with E-state index >= 15 is 0 Å². The van der Waals surface area contributed by atoms with Gasteiger partial charge in [-0.25, -0.2) is 0 Å². The number of aldehydes is 1. The molecule has 1 aliphatic rings. The maximum Gasteiger partial charge on any atom is 0.222 e. The lowest BCUT2D eigenvalue weighted by Gasteiger charge is -2.20. The molecule has 1 aromatic rings. The quantitative estimate of drug-likeness (QED) is 0.785. The summed E-state index contributed by atoms with van der Waals surface area (Å²) in [7, 11) is 0. The van der Waals surface area contributed by atoms with Crippen LogP contribution in [0, 0.1) is 11.8 Å². The second kappa shape index (κ2) is 6.04. The summed E-state index contributed by atoms with van der Waals surface area (Å²) in [5.41, 5.74) is 0. The number of nitrogens with zero attached hydrogens (tertiary/aromatic N) is 1. The van der Waals surface area contributed by atoms with Gasteiger partial charge in [-0.3, -0.25) is 9.59 Å². The summed E-state index contributed by atoms with van der Waals surface area (Å²) in [5, 5.41) is 0. The zero-order valence-electron chi connectivity index (χ0n) is 11.6. The predicted molar refractivity (Wildman–Crippen MR) is 71.7 cm³/mol. The molecule has 1 aliphatic heterocycles. The van der Waals surface area contributed by atoms with Crippen molar-refractivity contribution in [3.63, 3.8) is 0 Å². The standard InChI is InChI=1S/C15H21NO3/c1-11(2)12-3-6-15(18)16(8-7-12)9-13-4-5-14(10-17)19-13/h4-5,10-12H,3,6-9H2,1-2H3. The van der Waals surface area contributed by atoms with Gasteiger partial charge < -0.3 is 9.32 Å². The van der Waals surface area contributed by atoms with Crippen LogP contribution in [-0.4, -0.2) is 23.6 Å². The van der Waals surface area contributed by atoms with E-state index in [-0.39, 0.29) is 5.91 Å². The van der Waals surface area contributed by atoms with Crippen molar-refractivity contribution in [1.29, 1.82) is 0 Å². The number of furan rings is 1. The van der Waals surface area contributed by atoms with Gasteiger partial charge in [-0.15, -0.1) is 0 Å². The largest absolute Gasteiger partial charge is 0.456 e. The molecule has 2 rings (SSSR count). The Morgan fingerprint density at radius 2 is 2.21 bits per heavy atom. The minimum atomic E-state index is 0.187. The van der Waals surface area contributed by atoms with Gasteiger partial charge in [-0.2, -0.15) is 0 Å². The van der Waals surface area contributed by atoms with E-state index in [4.69, 9.17) is 4.42 Å². The minimum absolute atomic E-state index is 0.187. The van der Waals surface area contributed by atoms with Gasteiger partial charge >= 0.3 is 0 Å². The van der Waals surface area contributed by atoms with Crippen LogP contribution in [-0.2, 0) is 11.3 Å². The third-order valence-corrected chi connectivity index (χ3v) is 3.94. The molecule has 104 valence electrons. The lowest BCUT2D eigenvalue weighted by molar-refractivity contribution is -0.131. The average molecular weight is 263 g/mol. The Morgan fingerprint density at radius 3 is 2.84 bits per heavy atom. The van der Waals surface area contributed by atoms with Crippen molar-refractivity contribution in [2.24, 2.45) is 11.8 Å². The first kappa shape index (κ1) is 13.8. The molecule has 4 heteroatoms.